The summed E-state index contributed by atoms with van der Waals surface area (Å²) in [7, 11) is 3.61. The van der Waals surface area contributed by atoms with Gasteiger partial charge in [-0.3, -0.25) is 4.68 Å². The van der Waals surface area contributed by atoms with Crippen LogP contribution in [0.5, 0.6) is 0 Å². The van der Waals surface area contributed by atoms with E-state index in [2.05, 4.69) is 22.3 Å². The van der Waals surface area contributed by atoms with Crippen LogP contribution in [0.4, 0.5) is 0 Å². The molecule has 0 spiro atoms. The van der Waals surface area contributed by atoms with E-state index in [9.17, 15) is 0 Å². The molecule has 0 amide bonds. The lowest BCUT2D eigenvalue weighted by Crippen LogP contribution is -2.24. The third-order valence-electron chi connectivity index (χ3n) is 2.03. The van der Waals surface area contributed by atoms with E-state index in [1.54, 1.807) is 18.1 Å². The third kappa shape index (κ3) is 3.43. The Morgan fingerprint density at radius 2 is 2.43 bits per heavy atom. The fraction of sp³-hybridized carbons (Fsp3) is 0.778. The zero-order valence-corrected chi connectivity index (χ0v) is 9.03. The molecular formula is C9H18N4O. The first-order valence-electron chi connectivity index (χ1n) is 4.76. The number of aryl methyl sites for hydroxylation is 1. The summed E-state index contributed by atoms with van der Waals surface area (Å²) < 4.78 is 6.81. The predicted octanol–water partition coefficient (Wildman–Crippen LogP) is 0.187. The quantitative estimate of drug-likeness (QED) is 0.709. The van der Waals surface area contributed by atoms with Crippen molar-refractivity contribution in [3.05, 3.63) is 12.2 Å². The van der Waals surface area contributed by atoms with E-state index in [4.69, 9.17) is 4.74 Å². The van der Waals surface area contributed by atoms with Gasteiger partial charge in [-0.1, -0.05) is 6.92 Å². The second-order valence-electron chi connectivity index (χ2n) is 3.49. The first-order chi connectivity index (χ1) is 6.74. The molecule has 1 rings (SSSR count). The third-order valence-corrected chi connectivity index (χ3v) is 2.03. The van der Waals surface area contributed by atoms with Crippen molar-refractivity contribution >= 4 is 0 Å². The van der Waals surface area contributed by atoms with E-state index in [1.165, 1.54) is 0 Å². The van der Waals surface area contributed by atoms with Gasteiger partial charge < -0.3 is 10.1 Å². The van der Waals surface area contributed by atoms with Crippen molar-refractivity contribution in [2.24, 2.45) is 13.0 Å². The van der Waals surface area contributed by atoms with Gasteiger partial charge in [-0.05, 0) is 5.92 Å². The maximum atomic E-state index is 5.04. The molecule has 0 fully saturated rings. The van der Waals surface area contributed by atoms with Crippen LogP contribution in [0, 0.1) is 5.92 Å². The number of nitrogens with one attached hydrogen (secondary N) is 1. The molecule has 1 unspecified atom stereocenters. The van der Waals surface area contributed by atoms with Crippen LogP contribution in [0.1, 0.15) is 12.7 Å². The number of rotatable bonds is 6. The zero-order chi connectivity index (χ0) is 10.4. The first kappa shape index (κ1) is 11.1. The van der Waals surface area contributed by atoms with Gasteiger partial charge in [-0.25, -0.2) is 4.98 Å². The monoisotopic (exact) mass is 198 g/mol. The minimum atomic E-state index is 0.522. The van der Waals surface area contributed by atoms with E-state index in [1.807, 2.05) is 7.05 Å². The van der Waals surface area contributed by atoms with E-state index < -0.39 is 0 Å². The molecule has 0 saturated heterocycles. The van der Waals surface area contributed by atoms with Crippen LogP contribution < -0.4 is 5.32 Å². The van der Waals surface area contributed by atoms with Gasteiger partial charge in [0.1, 0.15) is 12.2 Å². The first-order valence-corrected chi connectivity index (χ1v) is 4.76. The van der Waals surface area contributed by atoms with Crippen LogP contribution in [0.3, 0.4) is 0 Å². The zero-order valence-electron chi connectivity index (χ0n) is 9.03. The average molecular weight is 198 g/mol. The van der Waals surface area contributed by atoms with Crippen molar-refractivity contribution in [1.82, 2.24) is 20.1 Å². The van der Waals surface area contributed by atoms with E-state index >= 15 is 0 Å². The van der Waals surface area contributed by atoms with Crippen molar-refractivity contribution in [1.29, 1.82) is 0 Å². The van der Waals surface area contributed by atoms with Crippen molar-refractivity contribution in [3.63, 3.8) is 0 Å². The highest BCUT2D eigenvalue weighted by atomic mass is 16.5. The smallest absolute Gasteiger partial charge is 0.140 e. The Morgan fingerprint density at radius 3 is 3.00 bits per heavy atom. The Kier molecular flexibility index (Phi) is 4.55. The molecule has 0 aliphatic rings. The van der Waals surface area contributed by atoms with Crippen LogP contribution in [-0.2, 0) is 18.3 Å². The summed E-state index contributed by atoms with van der Waals surface area (Å²) in [5, 5.41) is 7.30. The fourth-order valence-corrected chi connectivity index (χ4v) is 1.25. The molecule has 0 aliphatic carbocycles. The molecule has 1 atom stereocenters. The van der Waals surface area contributed by atoms with Crippen LogP contribution in [0.2, 0.25) is 0 Å². The Hall–Kier alpha value is -0.940. The highest BCUT2D eigenvalue weighted by molar-refractivity contribution is 4.82. The average Bonchev–Trinajstić information content (AvgIpc) is 2.52. The van der Waals surface area contributed by atoms with Crippen LogP contribution >= 0.6 is 0 Å². The van der Waals surface area contributed by atoms with Gasteiger partial charge >= 0.3 is 0 Å². The SMILES string of the molecule is COCC(C)CNCc1ncnn1C. The molecule has 0 saturated carbocycles. The van der Waals surface area contributed by atoms with Gasteiger partial charge in [0, 0.05) is 27.3 Å². The molecule has 0 aromatic carbocycles. The van der Waals surface area contributed by atoms with Gasteiger partial charge in [0.15, 0.2) is 0 Å². The van der Waals surface area contributed by atoms with Crippen molar-refractivity contribution in [2.75, 3.05) is 20.3 Å². The molecule has 0 radical (unpaired) electrons. The molecule has 0 aliphatic heterocycles. The Labute approximate surface area is 84.5 Å². The Morgan fingerprint density at radius 1 is 1.64 bits per heavy atom. The summed E-state index contributed by atoms with van der Waals surface area (Å²) in [6.07, 6.45) is 1.57. The standard InChI is InChI=1S/C9H18N4O/c1-8(6-14-3)4-10-5-9-11-7-12-13(9)2/h7-8,10H,4-6H2,1-3H3. The number of ether oxygens (including phenoxy) is 1. The van der Waals surface area contributed by atoms with Gasteiger partial charge in [0.25, 0.3) is 0 Å². The van der Waals surface area contributed by atoms with Crippen LogP contribution in [-0.4, -0.2) is 35.0 Å². The van der Waals surface area contributed by atoms with Gasteiger partial charge in [-0.15, -0.1) is 0 Å². The molecule has 5 nitrogen and oxygen atoms in total. The number of hydrogen-bond donors (Lipinski definition) is 1. The predicted molar refractivity (Wildman–Crippen MR) is 53.7 cm³/mol. The van der Waals surface area contributed by atoms with Crippen LogP contribution in [0.25, 0.3) is 0 Å². The Bertz CT molecular complexity index is 261. The number of methoxy groups -OCH3 is 1. The summed E-state index contributed by atoms with van der Waals surface area (Å²) in [5.74, 6) is 1.47. The van der Waals surface area contributed by atoms with E-state index in [0.29, 0.717) is 5.92 Å². The summed E-state index contributed by atoms with van der Waals surface area (Å²) in [6.45, 7) is 4.62. The lowest BCUT2D eigenvalue weighted by Gasteiger charge is -2.10. The molecule has 1 heterocycles. The molecule has 14 heavy (non-hydrogen) atoms. The maximum Gasteiger partial charge on any atom is 0.140 e. The summed E-state index contributed by atoms with van der Waals surface area (Å²) in [4.78, 5) is 4.12. The van der Waals surface area contributed by atoms with Crippen molar-refractivity contribution in [3.8, 4) is 0 Å². The molecule has 5 heteroatoms. The van der Waals surface area contributed by atoms with Crippen LogP contribution in [0.15, 0.2) is 6.33 Å². The molecule has 80 valence electrons. The number of nitrogens with zero attached hydrogens (tertiary/aromatic N) is 3. The topological polar surface area (TPSA) is 52.0 Å². The minimum Gasteiger partial charge on any atom is -0.384 e. The maximum absolute atomic E-state index is 5.04. The molecule has 1 N–H and O–H groups in total. The molecule has 1 aromatic heterocycles. The summed E-state index contributed by atoms with van der Waals surface area (Å²) in [6, 6.07) is 0. The highest BCUT2D eigenvalue weighted by Gasteiger charge is 2.02. The Balaban J connectivity index is 2.19. The molecule has 1 aromatic rings. The largest absolute Gasteiger partial charge is 0.384 e. The second kappa shape index (κ2) is 5.72. The lowest BCUT2D eigenvalue weighted by molar-refractivity contribution is 0.158. The van der Waals surface area contributed by atoms with E-state index in [-0.39, 0.29) is 0 Å². The number of aromatic nitrogens is 3. The van der Waals surface area contributed by atoms with Gasteiger partial charge in [-0.2, -0.15) is 5.10 Å². The lowest BCUT2D eigenvalue weighted by atomic mass is 10.2. The minimum absolute atomic E-state index is 0.522. The normalized spacial score (nSPS) is 13.1. The van der Waals surface area contributed by atoms with E-state index in [0.717, 1.165) is 25.5 Å². The van der Waals surface area contributed by atoms with Crippen molar-refractivity contribution in [2.45, 2.75) is 13.5 Å². The second-order valence-corrected chi connectivity index (χ2v) is 3.49. The molecule has 0 bridgehead atoms. The molecular weight excluding hydrogens is 180 g/mol. The summed E-state index contributed by atoms with van der Waals surface area (Å²) in [5.41, 5.74) is 0. The number of hydrogen-bond acceptors (Lipinski definition) is 4. The summed E-state index contributed by atoms with van der Waals surface area (Å²) >= 11 is 0. The fourth-order valence-electron chi connectivity index (χ4n) is 1.25. The van der Waals surface area contributed by atoms with Gasteiger partial charge in [0.05, 0.1) is 6.54 Å². The van der Waals surface area contributed by atoms with Gasteiger partial charge in [0.2, 0.25) is 0 Å². The van der Waals surface area contributed by atoms with Crippen molar-refractivity contribution < 1.29 is 4.74 Å². The highest BCUT2D eigenvalue weighted by Crippen LogP contribution is 1.94.